The number of piperidine rings is 1. The zero-order valence-electron chi connectivity index (χ0n) is 12.1. The minimum atomic E-state index is -0.155. The molecule has 1 aromatic heterocycles. The van der Waals surface area contributed by atoms with Crippen LogP contribution >= 0.6 is 0 Å². The van der Waals surface area contributed by atoms with Gasteiger partial charge in [0.1, 0.15) is 17.5 Å². The summed E-state index contributed by atoms with van der Waals surface area (Å²) >= 11 is 0. The molecule has 2 N–H and O–H groups in total. The number of aliphatic hydroxyl groups is 1. The molecule has 0 aliphatic carbocycles. The van der Waals surface area contributed by atoms with Gasteiger partial charge in [0.05, 0.1) is 6.10 Å². The van der Waals surface area contributed by atoms with Crippen molar-refractivity contribution in [1.29, 1.82) is 0 Å². The summed E-state index contributed by atoms with van der Waals surface area (Å²) in [5, 5.41) is 12.9. The number of anilines is 2. The maximum atomic E-state index is 9.61. The van der Waals surface area contributed by atoms with Gasteiger partial charge in [-0.2, -0.15) is 0 Å². The van der Waals surface area contributed by atoms with Gasteiger partial charge in [0.25, 0.3) is 0 Å². The quantitative estimate of drug-likeness (QED) is 0.867. The number of nitrogens with zero attached hydrogens (tertiary/aromatic N) is 3. The summed E-state index contributed by atoms with van der Waals surface area (Å²) in [6, 6.07) is 0. The third kappa shape index (κ3) is 3.15. The highest BCUT2D eigenvalue weighted by atomic mass is 16.3. The van der Waals surface area contributed by atoms with E-state index in [-0.39, 0.29) is 6.10 Å². The maximum Gasteiger partial charge on any atom is 0.137 e. The Morgan fingerprint density at radius 1 is 1.26 bits per heavy atom. The van der Waals surface area contributed by atoms with Crippen LogP contribution in [0, 0.1) is 6.92 Å². The molecule has 0 aromatic carbocycles. The molecule has 19 heavy (non-hydrogen) atoms. The van der Waals surface area contributed by atoms with Gasteiger partial charge in [0.2, 0.25) is 0 Å². The van der Waals surface area contributed by atoms with Crippen molar-refractivity contribution in [3.63, 3.8) is 0 Å². The fourth-order valence-corrected chi connectivity index (χ4v) is 2.43. The van der Waals surface area contributed by atoms with Crippen molar-refractivity contribution in [2.45, 2.75) is 46.1 Å². The Morgan fingerprint density at radius 3 is 2.53 bits per heavy atom. The first kappa shape index (κ1) is 14.1. The first-order valence-corrected chi connectivity index (χ1v) is 7.20. The number of rotatable bonds is 4. The van der Waals surface area contributed by atoms with Crippen molar-refractivity contribution < 1.29 is 5.11 Å². The van der Waals surface area contributed by atoms with E-state index in [2.05, 4.69) is 41.0 Å². The Bertz CT molecular complexity index is 428. The number of aryl methyl sites for hydroxylation is 1. The number of nitrogens with one attached hydrogen (secondary N) is 1. The Kier molecular flexibility index (Phi) is 4.58. The largest absolute Gasteiger partial charge is 0.393 e. The second-order valence-electron chi connectivity index (χ2n) is 5.04. The lowest BCUT2D eigenvalue weighted by molar-refractivity contribution is 0.145. The Balaban J connectivity index is 2.30. The highest BCUT2D eigenvalue weighted by molar-refractivity contribution is 5.58. The van der Waals surface area contributed by atoms with Crippen molar-refractivity contribution in [2.75, 3.05) is 29.9 Å². The minimum absolute atomic E-state index is 0.155. The van der Waals surface area contributed by atoms with E-state index in [0.29, 0.717) is 0 Å². The molecule has 106 valence electrons. The lowest BCUT2D eigenvalue weighted by Crippen LogP contribution is -2.37. The van der Waals surface area contributed by atoms with Gasteiger partial charge >= 0.3 is 0 Å². The average molecular weight is 264 g/mol. The lowest BCUT2D eigenvalue weighted by Gasteiger charge is -2.32. The monoisotopic (exact) mass is 264 g/mol. The predicted molar refractivity (Wildman–Crippen MR) is 77.8 cm³/mol. The first-order valence-electron chi connectivity index (χ1n) is 7.20. The smallest absolute Gasteiger partial charge is 0.137 e. The van der Waals surface area contributed by atoms with Crippen LogP contribution in [0.2, 0.25) is 0 Å². The molecule has 2 rings (SSSR count). The summed E-state index contributed by atoms with van der Waals surface area (Å²) in [6.45, 7) is 8.81. The van der Waals surface area contributed by atoms with Crippen molar-refractivity contribution in [2.24, 2.45) is 0 Å². The van der Waals surface area contributed by atoms with Crippen molar-refractivity contribution in [1.82, 2.24) is 9.97 Å². The highest BCUT2D eigenvalue weighted by Crippen LogP contribution is 2.26. The van der Waals surface area contributed by atoms with E-state index >= 15 is 0 Å². The van der Waals surface area contributed by atoms with Gasteiger partial charge in [0, 0.05) is 31.6 Å². The van der Waals surface area contributed by atoms with E-state index in [1.807, 2.05) is 0 Å². The molecule has 0 spiro atoms. The summed E-state index contributed by atoms with van der Waals surface area (Å²) in [5.74, 6) is 2.84. The molecule has 1 aromatic rings. The van der Waals surface area contributed by atoms with E-state index in [1.54, 1.807) is 0 Å². The third-order valence-electron chi connectivity index (χ3n) is 3.59. The number of aliphatic hydroxyl groups excluding tert-OH is 1. The standard InChI is InChI=1S/C14H24N4O/c1-4-12-16-13(15-5-2)10(3)14(17-12)18-8-6-11(19)7-9-18/h11,19H,4-9H2,1-3H3,(H,15,16,17). The van der Waals surface area contributed by atoms with Gasteiger partial charge in [-0.1, -0.05) is 6.92 Å². The van der Waals surface area contributed by atoms with E-state index in [9.17, 15) is 5.11 Å². The molecule has 2 heterocycles. The lowest BCUT2D eigenvalue weighted by atomic mass is 10.1. The van der Waals surface area contributed by atoms with Crippen LogP contribution in [0.3, 0.4) is 0 Å². The normalized spacial score (nSPS) is 16.7. The van der Waals surface area contributed by atoms with E-state index in [4.69, 9.17) is 0 Å². The van der Waals surface area contributed by atoms with E-state index < -0.39 is 0 Å². The van der Waals surface area contributed by atoms with Crippen LogP contribution in [-0.2, 0) is 6.42 Å². The molecular formula is C14H24N4O. The zero-order valence-corrected chi connectivity index (χ0v) is 12.1. The van der Waals surface area contributed by atoms with Gasteiger partial charge in [-0.05, 0) is 26.7 Å². The maximum absolute atomic E-state index is 9.61. The molecule has 1 aliphatic rings. The van der Waals surface area contributed by atoms with Crippen LogP contribution < -0.4 is 10.2 Å². The number of hydrogen-bond acceptors (Lipinski definition) is 5. The molecule has 0 amide bonds. The van der Waals surface area contributed by atoms with Crippen LogP contribution in [0.1, 0.15) is 38.1 Å². The second-order valence-corrected chi connectivity index (χ2v) is 5.04. The van der Waals surface area contributed by atoms with Crippen LogP contribution in [0.15, 0.2) is 0 Å². The summed E-state index contributed by atoms with van der Waals surface area (Å²) in [6.07, 6.45) is 2.32. The summed E-state index contributed by atoms with van der Waals surface area (Å²) < 4.78 is 0. The molecule has 1 saturated heterocycles. The van der Waals surface area contributed by atoms with Crippen LogP contribution in [-0.4, -0.2) is 40.8 Å². The summed E-state index contributed by atoms with van der Waals surface area (Å²) in [5.41, 5.74) is 1.11. The first-order chi connectivity index (χ1) is 9.15. The molecule has 0 saturated carbocycles. The van der Waals surface area contributed by atoms with Crippen LogP contribution in [0.4, 0.5) is 11.6 Å². The molecule has 0 radical (unpaired) electrons. The Labute approximate surface area is 115 Å². The fraction of sp³-hybridized carbons (Fsp3) is 0.714. The van der Waals surface area contributed by atoms with Crippen molar-refractivity contribution >= 4 is 11.6 Å². The number of hydrogen-bond donors (Lipinski definition) is 2. The molecule has 0 atom stereocenters. The predicted octanol–water partition coefficient (Wildman–Crippen LogP) is 1.74. The Morgan fingerprint density at radius 2 is 1.95 bits per heavy atom. The second kappa shape index (κ2) is 6.19. The van der Waals surface area contributed by atoms with Gasteiger partial charge in [-0.15, -0.1) is 0 Å². The molecule has 5 nitrogen and oxygen atoms in total. The fourth-order valence-electron chi connectivity index (χ4n) is 2.43. The van der Waals surface area contributed by atoms with E-state index in [1.165, 1.54) is 0 Å². The molecule has 0 bridgehead atoms. The number of aromatic nitrogens is 2. The minimum Gasteiger partial charge on any atom is -0.393 e. The van der Waals surface area contributed by atoms with Gasteiger partial charge < -0.3 is 15.3 Å². The van der Waals surface area contributed by atoms with E-state index in [0.717, 1.165) is 61.9 Å². The van der Waals surface area contributed by atoms with Crippen LogP contribution in [0.5, 0.6) is 0 Å². The summed E-state index contributed by atoms with van der Waals surface area (Å²) in [7, 11) is 0. The molecular weight excluding hydrogens is 240 g/mol. The van der Waals surface area contributed by atoms with Gasteiger partial charge in [-0.25, -0.2) is 9.97 Å². The SMILES string of the molecule is CCNc1nc(CC)nc(N2CCC(O)CC2)c1C. The van der Waals surface area contributed by atoms with Crippen molar-refractivity contribution in [3.8, 4) is 0 Å². The van der Waals surface area contributed by atoms with Gasteiger partial charge in [0.15, 0.2) is 0 Å². The average Bonchev–Trinajstić information content (AvgIpc) is 2.42. The molecule has 1 fully saturated rings. The van der Waals surface area contributed by atoms with Crippen LogP contribution in [0.25, 0.3) is 0 Å². The topological polar surface area (TPSA) is 61.3 Å². The van der Waals surface area contributed by atoms with Crippen molar-refractivity contribution in [3.05, 3.63) is 11.4 Å². The molecule has 1 aliphatic heterocycles. The van der Waals surface area contributed by atoms with Gasteiger partial charge in [-0.3, -0.25) is 0 Å². The molecule has 0 unspecified atom stereocenters. The Hall–Kier alpha value is -1.36. The highest BCUT2D eigenvalue weighted by Gasteiger charge is 2.21. The molecule has 5 heteroatoms. The third-order valence-corrected chi connectivity index (χ3v) is 3.59. The summed E-state index contributed by atoms with van der Waals surface area (Å²) in [4.78, 5) is 11.5. The zero-order chi connectivity index (χ0) is 13.8.